The molecule has 1 saturated heterocycles. The summed E-state index contributed by atoms with van der Waals surface area (Å²) < 4.78 is 13.3. The molecule has 1 aliphatic heterocycles. The van der Waals surface area contributed by atoms with Gasteiger partial charge in [0.1, 0.15) is 5.82 Å². The van der Waals surface area contributed by atoms with Gasteiger partial charge in [-0.25, -0.2) is 4.39 Å². The maximum atomic E-state index is 13.3. The molecule has 2 N–H and O–H groups in total. The molecule has 2 atom stereocenters. The van der Waals surface area contributed by atoms with Crippen molar-refractivity contribution < 1.29 is 4.39 Å². The van der Waals surface area contributed by atoms with Crippen molar-refractivity contribution in [3.05, 3.63) is 29.6 Å². The Morgan fingerprint density at radius 2 is 2.29 bits per heavy atom. The molecule has 94 valence electrons. The Hall–Kier alpha value is -0.740. The van der Waals surface area contributed by atoms with Crippen molar-refractivity contribution in [1.82, 2.24) is 0 Å². The molecule has 4 heteroatoms. The Morgan fingerprint density at radius 3 is 2.94 bits per heavy atom. The molecule has 1 aliphatic rings. The highest BCUT2D eigenvalue weighted by atomic mass is 32.2. The summed E-state index contributed by atoms with van der Waals surface area (Å²) in [6.45, 7) is 6.16. The van der Waals surface area contributed by atoms with Crippen LogP contribution in [0.3, 0.4) is 0 Å². The Morgan fingerprint density at radius 1 is 1.53 bits per heavy atom. The third-order valence-corrected chi connectivity index (χ3v) is 4.20. The molecule has 1 aromatic carbocycles. The largest absolute Gasteiger partial charge is 0.369 e. The monoisotopic (exact) mass is 254 g/mol. The van der Waals surface area contributed by atoms with Gasteiger partial charge >= 0.3 is 0 Å². The van der Waals surface area contributed by atoms with Crippen molar-refractivity contribution in [2.24, 2.45) is 5.73 Å². The van der Waals surface area contributed by atoms with E-state index in [1.54, 1.807) is 6.07 Å². The average Bonchev–Trinajstić information content (AvgIpc) is 2.28. The molecule has 1 unspecified atom stereocenters. The molecule has 0 spiro atoms. The smallest absolute Gasteiger partial charge is 0.123 e. The lowest BCUT2D eigenvalue weighted by Crippen LogP contribution is -2.37. The molecule has 2 rings (SSSR count). The molecule has 0 aromatic heterocycles. The second kappa shape index (κ2) is 5.27. The van der Waals surface area contributed by atoms with Crippen molar-refractivity contribution in [2.45, 2.75) is 25.1 Å². The van der Waals surface area contributed by atoms with Gasteiger partial charge in [-0.15, -0.1) is 0 Å². The molecule has 1 heterocycles. The van der Waals surface area contributed by atoms with E-state index in [1.165, 1.54) is 6.07 Å². The zero-order valence-electron chi connectivity index (χ0n) is 10.3. The van der Waals surface area contributed by atoms with Crippen LogP contribution < -0.4 is 10.6 Å². The lowest BCUT2D eigenvalue weighted by molar-refractivity contribution is 0.621. The molecule has 2 nitrogen and oxygen atoms in total. The van der Waals surface area contributed by atoms with Crippen LogP contribution in [0.4, 0.5) is 10.1 Å². The minimum absolute atomic E-state index is 0.134. The molecule has 1 fully saturated rings. The van der Waals surface area contributed by atoms with Crippen LogP contribution in [-0.2, 0) is 0 Å². The Balaban J connectivity index is 2.30. The van der Waals surface area contributed by atoms with Crippen molar-refractivity contribution >= 4 is 17.4 Å². The highest BCUT2D eigenvalue weighted by molar-refractivity contribution is 8.00. The van der Waals surface area contributed by atoms with Gasteiger partial charge in [0.15, 0.2) is 0 Å². The normalized spacial score (nSPS) is 22.6. The zero-order chi connectivity index (χ0) is 12.4. The van der Waals surface area contributed by atoms with Crippen LogP contribution in [0.1, 0.15) is 25.5 Å². The van der Waals surface area contributed by atoms with E-state index < -0.39 is 0 Å². The number of hydrogen-bond donors (Lipinski definition) is 1. The van der Waals surface area contributed by atoms with Gasteiger partial charge in [0, 0.05) is 35.8 Å². The van der Waals surface area contributed by atoms with Gasteiger partial charge in [0.25, 0.3) is 0 Å². The summed E-state index contributed by atoms with van der Waals surface area (Å²) in [6, 6.07) is 4.81. The summed E-state index contributed by atoms with van der Waals surface area (Å²) in [5.41, 5.74) is 7.92. The fourth-order valence-corrected chi connectivity index (χ4v) is 3.23. The maximum Gasteiger partial charge on any atom is 0.123 e. The fourth-order valence-electron chi connectivity index (χ4n) is 2.22. The fraction of sp³-hybridized carbons (Fsp3) is 0.538. The van der Waals surface area contributed by atoms with Crippen LogP contribution in [0.2, 0.25) is 0 Å². The van der Waals surface area contributed by atoms with Gasteiger partial charge in [-0.3, -0.25) is 0 Å². The number of thioether (sulfide) groups is 1. The predicted molar refractivity (Wildman–Crippen MR) is 73.1 cm³/mol. The first-order chi connectivity index (χ1) is 8.08. The zero-order valence-corrected chi connectivity index (χ0v) is 11.1. The van der Waals surface area contributed by atoms with Crippen LogP contribution >= 0.6 is 11.8 Å². The van der Waals surface area contributed by atoms with E-state index >= 15 is 0 Å². The Kier molecular flexibility index (Phi) is 3.94. The topological polar surface area (TPSA) is 29.3 Å². The van der Waals surface area contributed by atoms with Gasteiger partial charge < -0.3 is 10.6 Å². The molecule has 0 amide bonds. The van der Waals surface area contributed by atoms with Crippen molar-refractivity contribution in [3.63, 3.8) is 0 Å². The van der Waals surface area contributed by atoms with E-state index in [0.29, 0.717) is 5.25 Å². The standard InChI is InChI=1S/C13H19FN2S/c1-9-8-16(5-6-17-9)13-4-3-11(14)7-12(13)10(2)15/h3-4,7,9-10H,5-6,8,15H2,1-2H3/t9?,10-/m0/s1. The summed E-state index contributed by atoms with van der Waals surface area (Å²) in [5.74, 6) is 0.914. The average molecular weight is 254 g/mol. The molecule has 0 saturated carbocycles. The van der Waals surface area contributed by atoms with Crippen LogP contribution in [0.5, 0.6) is 0 Å². The van der Waals surface area contributed by atoms with Gasteiger partial charge in [-0.05, 0) is 30.7 Å². The summed E-state index contributed by atoms with van der Waals surface area (Å²) in [6.07, 6.45) is 0. The number of halogens is 1. The highest BCUT2D eigenvalue weighted by Crippen LogP contribution is 2.30. The first-order valence-corrected chi connectivity index (χ1v) is 7.04. The lowest BCUT2D eigenvalue weighted by Gasteiger charge is -2.34. The van der Waals surface area contributed by atoms with E-state index in [2.05, 4.69) is 11.8 Å². The van der Waals surface area contributed by atoms with Crippen molar-refractivity contribution in [3.8, 4) is 0 Å². The van der Waals surface area contributed by atoms with Gasteiger partial charge in [-0.1, -0.05) is 6.92 Å². The molecule has 1 aromatic rings. The van der Waals surface area contributed by atoms with E-state index in [9.17, 15) is 4.39 Å². The van der Waals surface area contributed by atoms with E-state index in [4.69, 9.17) is 5.73 Å². The quantitative estimate of drug-likeness (QED) is 0.880. The Bertz CT molecular complexity index is 395. The molecule has 17 heavy (non-hydrogen) atoms. The van der Waals surface area contributed by atoms with Crippen LogP contribution in [0, 0.1) is 5.82 Å². The van der Waals surface area contributed by atoms with Gasteiger partial charge in [0.2, 0.25) is 0 Å². The van der Waals surface area contributed by atoms with Crippen LogP contribution in [0.15, 0.2) is 18.2 Å². The summed E-state index contributed by atoms with van der Waals surface area (Å²) in [5, 5.41) is 0.620. The number of anilines is 1. The van der Waals surface area contributed by atoms with Crippen LogP contribution in [0.25, 0.3) is 0 Å². The second-order valence-electron chi connectivity index (χ2n) is 4.62. The number of nitrogens with two attached hydrogens (primary N) is 1. The third kappa shape index (κ3) is 2.93. The summed E-state index contributed by atoms with van der Waals surface area (Å²) in [4.78, 5) is 2.32. The van der Waals surface area contributed by atoms with E-state index in [-0.39, 0.29) is 11.9 Å². The van der Waals surface area contributed by atoms with Gasteiger partial charge in [-0.2, -0.15) is 11.8 Å². The predicted octanol–water partition coefficient (Wildman–Crippen LogP) is 2.79. The number of hydrogen-bond acceptors (Lipinski definition) is 3. The number of rotatable bonds is 2. The second-order valence-corrected chi connectivity index (χ2v) is 6.17. The summed E-state index contributed by atoms with van der Waals surface area (Å²) in [7, 11) is 0. The van der Waals surface area contributed by atoms with Crippen molar-refractivity contribution in [2.75, 3.05) is 23.7 Å². The molecular weight excluding hydrogens is 235 g/mol. The lowest BCUT2D eigenvalue weighted by atomic mass is 10.1. The first-order valence-electron chi connectivity index (χ1n) is 5.99. The molecular formula is C13H19FN2S. The minimum atomic E-state index is -0.208. The molecule has 0 radical (unpaired) electrons. The van der Waals surface area contributed by atoms with Gasteiger partial charge in [0.05, 0.1) is 0 Å². The number of nitrogens with zero attached hydrogens (tertiary/aromatic N) is 1. The van der Waals surface area contributed by atoms with E-state index in [1.807, 2.05) is 24.8 Å². The van der Waals surface area contributed by atoms with Crippen molar-refractivity contribution in [1.29, 1.82) is 0 Å². The molecule has 0 aliphatic carbocycles. The van der Waals surface area contributed by atoms with E-state index in [0.717, 1.165) is 30.1 Å². The third-order valence-electron chi connectivity index (χ3n) is 3.06. The first kappa shape index (κ1) is 12.7. The number of benzene rings is 1. The maximum absolute atomic E-state index is 13.3. The highest BCUT2D eigenvalue weighted by Gasteiger charge is 2.20. The Labute approximate surface area is 106 Å². The summed E-state index contributed by atoms with van der Waals surface area (Å²) >= 11 is 1.99. The van der Waals surface area contributed by atoms with Crippen LogP contribution in [-0.4, -0.2) is 24.1 Å². The SMILES string of the molecule is CC1CN(c2ccc(F)cc2[C@H](C)N)CCS1. The molecule has 0 bridgehead atoms. The minimum Gasteiger partial charge on any atom is -0.369 e.